The van der Waals surface area contributed by atoms with Gasteiger partial charge in [-0.1, -0.05) is 11.6 Å². The van der Waals surface area contributed by atoms with Crippen LogP contribution in [0.3, 0.4) is 0 Å². The summed E-state index contributed by atoms with van der Waals surface area (Å²) in [6.45, 7) is 3.52. The highest BCUT2D eigenvalue weighted by molar-refractivity contribution is 6.29. The number of anilines is 1. The van der Waals surface area contributed by atoms with Gasteiger partial charge < -0.3 is 5.32 Å². The van der Waals surface area contributed by atoms with Crippen molar-refractivity contribution in [3.63, 3.8) is 0 Å². The molecule has 2 amide bonds. The van der Waals surface area contributed by atoms with Crippen molar-refractivity contribution in [3.05, 3.63) is 52.3 Å². The monoisotopic (exact) mass is 423 g/mol. The minimum Gasteiger partial charge on any atom is -0.313 e. The van der Waals surface area contributed by atoms with E-state index >= 15 is 0 Å². The van der Waals surface area contributed by atoms with Crippen molar-refractivity contribution in [1.82, 2.24) is 19.9 Å². The Morgan fingerprint density at radius 3 is 2.55 bits per heavy atom. The zero-order chi connectivity index (χ0) is 21.1. The number of hydrogen-bond acceptors (Lipinski definition) is 4. The van der Waals surface area contributed by atoms with Gasteiger partial charge in [0.2, 0.25) is 5.95 Å². The number of fused-ring (bicyclic) bond motifs is 3. The third kappa shape index (κ3) is 2.74. The number of aryl methyl sites for hydroxylation is 2. The molecule has 0 saturated heterocycles. The summed E-state index contributed by atoms with van der Waals surface area (Å²) in [5.41, 5.74) is -1.68. The maximum Gasteiger partial charge on any atom is 0.440 e. The van der Waals surface area contributed by atoms with Gasteiger partial charge in [0.05, 0.1) is 16.6 Å². The van der Waals surface area contributed by atoms with Crippen LogP contribution in [0.5, 0.6) is 0 Å². The number of pyridine rings is 1. The molecule has 1 aliphatic heterocycles. The fourth-order valence-electron chi connectivity index (χ4n) is 3.24. The lowest BCUT2D eigenvalue weighted by atomic mass is 10.1. The van der Waals surface area contributed by atoms with Gasteiger partial charge in [-0.2, -0.15) is 13.2 Å². The van der Waals surface area contributed by atoms with E-state index in [0.717, 1.165) is 11.8 Å². The van der Waals surface area contributed by atoms with E-state index in [1.807, 2.05) is 5.32 Å². The maximum atomic E-state index is 14.3. The predicted octanol–water partition coefficient (Wildman–Crippen LogP) is 3.30. The largest absolute Gasteiger partial charge is 0.440 e. The van der Waals surface area contributed by atoms with Crippen LogP contribution in [0.2, 0.25) is 5.15 Å². The van der Waals surface area contributed by atoms with Crippen molar-refractivity contribution in [2.24, 2.45) is 0 Å². The Morgan fingerprint density at radius 2 is 1.93 bits per heavy atom. The van der Waals surface area contributed by atoms with Gasteiger partial charge in [0.15, 0.2) is 0 Å². The molecule has 2 aromatic heterocycles. The lowest BCUT2D eigenvalue weighted by Crippen LogP contribution is -2.63. The number of amides is 2. The highest BCUT2D eigenvalue weighted by Gasteiger charge is 2.67. The number of aromatic nitrogens is 3. The second-order valence-corrected chi connectivity index (χ2v) is 7.07. The van der Waals surface area contributed by atoms with Crippen LogP contribution in [-0.4, -0.2) is 32.5 Å². The molecule has 2 N–H and O–H groups in total. The van der Waals surface area contributed by atoms with Gasteiger partial charge in [0, 0.05) is 6.20 Å². The number of halogens is 4. The van der Waals surface area contributed by atoms with Crippen molar-refractivity contribution in [2.75, 3.05) is 5.32 Å². The first-order valence-electron chi connectivity index (χ1n) is 8.37. The van der Waals surface area contributed by atoms with Crippen LogP contribution >= 0.6 is 11.6 Å². The van der Waals surface area contributed by atoms with Gasteiger partial charge in [-0.3, -0.25) is 19.5 Å². The number of benzene rings is 1. The lowest BCUT2D eigenvalue weighted by Gasteiger charge is -2.32. The Labute approximate surface area is 166 Å². The average molecular weight is 424 g/mol. The van der Waals surface area contributed by atoms with E-state index in [-0.39, 0.29) is 27.7 Å². The van der Waals surface area contributed by atoms with Crippen molar-refractivity contribution >= 4 is 40.4 Å². The maximum absolute atomic E-state index is 14.3. The molecule has 0 bridgehead atoms. The summed E-state index contributed by atoms with van der Waals surface area (Å²) in [5, 5.41) is 4.05. The quantitative estimate of drug-likeness (QED) is 0.619. The van der Waals surface area contributed by atoms with E-state index in [4.69, 9.17) is 11.6 Å². The van der Waals surface area contributed by atoms with Gasteiger partial charge in [0.25, 0.3) is 17.5 Å². The summed E-state index contributed by atoms with van der Waals surface area (Å²) < 4.78 is 43.6. The van der Waals surface area contributed by atoms with Gasteiger partial charge in [-0.25, -0.2) is 9.97 Å². The second-order valence-electron chi connectivity index (χ2n) is 6.68. The normalized spacial score (nSPS) is 18.6. The molecule has 1 atom stereocenters. The molecule has 1 aromatic carbocycles. The van der Waals surface area contributed by atoms with E-state index in [2.05, 4.69) is 15.3 Å². The number of imidazole rings is 1. The van der Waals surface area contributed by atoms with Crippen molar-refractivity contribution in [3.8, 4) is 0 Å². The van der Waals surface area contributed by atoms with Crippen LogP contribution in [0.1, 0.15) is 21.5 Å². The topological polar surface area (TPSA) is 88.9 Å². The van der Waals surface area contributed by atoms with E-state index in [9.17, 15) is 22.8 Å². The number of carbonyl (C=O) groups is 2. The first kappa shape index (κ1) is 19.2. The highest BCUT2D eigenvalue weighted by atomic mass is 35.5. The minimum atomic E-state index is -5.16. The highest BCUT2D eigenvalue weighted by Crippen LogP contribution is 2.44. The van der Waals surface area contributed by atoms with Crippen LogP contribution < -0.4 is 10.6 Å². The summed E-state index contributed by atoms with van der Waals surface area (Å²) in [6.07, 6.45) is -4.14. The van der Waals surface area contributed by atoms with Crippen molar-refractivity contribution in [2.45, 2.75) is 25.7 Å². The average Bonchev–Trinajstić information content (AvgIpc) is 3.09. The Morgan fingerprint density at radius 1 is 1.24 bits per heavy atom. The molecule has 0 aliphatic carbocycles. The Balaban J connectivity index is 1.92. The van der Waals surface area contributed by atoms with Gasteiger partial charge in [-0.05, 0) is 49.2 Å². The van der Waals surface area contributed by atoms with Gasteiger partial charge >= 0.3 is 6.18 Å². The van der Waals surface area contributed by atoms with Crippen LogP contribution in [0.4, 0.5) is 19.1 Å². The number of carbonyl (C=O) groups excluding carboxylic acids is 2. The third-order valence-corrected chi connectivity index (χ3v) is 5.08. The summed E-state index contributed by atoms with van der Waals surface area (Å²) >= 11 is 5.66. The van der Waals surface area contributed by atoms with Gasteiger partial charge in [-0.15, -0.1) is 0 Å². The molecular weight excluding hydrogens is 411 g/mol. The molecular formula is C18H13ClF3N5O2. The third-order valence-electron chi connectivity index (χ3n) is 4.85. The van der Waals surface area contributed by atoms with E-state index < -0.39 is 23.7 Å². The number of rotatable bonds is 2. The zero-order valence-corrected chi connectivity index (χ0v) is 15.8. The molecule has 4 rings (SSSR count). The summed E-state index contributed by atoms with van der Waals surface area (Å²) in [7, 11) is 0. The van der Waals surface area contributed by atoms with Crippen LogP contribution in [0.15, 0.2) is 30.5 Å². The Bertz CT molecular complexity index is 1170. The SMILES string of the molecule is Cc1cc2nc3n(c2cc1C)C(NC(=O)c1ccc(Cl)nc1)(C(F)(F)F)C(=O)N3. The zero-order valence-electron chi connectivity index (χ0n) is 15.1. The van der Waals surface area contributed by atoms with E-state index in [1.54, 1.807) is 19.9 Å². The fourth-order valence-corrected chi connectivity index (χ4v) is 3.35. The standard InChI is InChI=1S/C18H13ClF3N5O2/c1-8-5-11-12(6-9(8)2)27-16(24-11)25-15(29)17(27,18(20,21)22)26-14(28)10-3-4-13(19)23-7-10/h3-7H,1-2H3,(H,26,28)(H,24,25,29). The summed E-state index contributed by atoms with van der Waals surface area (Å²) in [5.74, 6) is -2.90. The Kier molecular flexibility index (Phi) is 4.09. The lowest BCUT2D eigenvalue weighted by molar-refractivity contribution is -0.213. The van der Waals surface area contributed by atoms with Crippen LogP contribution in [0.25, 0.3) is 11.0 Å². The fraction of sp³-hybridized carbons (Fsp3) is 0.222. The van der Waals surface area contributed by atoms with Gasteiger partial charge in [0.1, 0.15) is 5.15 Å². The van der Waals surface area contributed by atoms with E-state index in [0.29, 0.717) is 10.1 Å². The molecule has 11 heteroatoms. The van der Waals surface area contributed by atoms with Crippen molar-refractivity contribution in [1.29, 1.82) is 0 Å². The summed E-state index contributed by atoms with van der Waals surface area (Å²) in [4.78, 5) is 32.9. The molecule has 3 heterocycles. The first-order valence-corrected chi connectivity index (χ1v) is 8.75. The Hall–Kier alpha value is -3.14. The van der Waals surface area contributed by atoms with Crippen LogP contribution in [0, 0.1) is 13.8 Å². The molecule has 1 unspecified atom stereocenters. The minimum absolute atomic E-state index is 0.0632. The first-order chi connectivity index (χ1) is 13.5. The molecule has 0 radical (unpaired) electrons. The second kappa shape index (κ2) is 6.18. The van der Waals surface area contributed by atoms with Crippen LogP contribution in [-0.2, 0) is 10.5 Å². The van der Waals surface area contributed by atoms with E-state index in [1.165, 1.54) is 18.2 Å². The predicted molar refractivity (Wildman–Crippen MR) is 98.6 cm³/mol. The van der Waals surface area contributed by atoms with Crippen molar-refractivity contribution < 1.29 is 22.8 Å². The molecule has 7 nitrogen and oxygen atoms in total. The molecule has 0 saturated carbocycles. The summed E-state index contributed by atoms with van der Waals surface area (Å²) in [6, 6.07) is 5.59. The molecule has 3 aromatic rings. The molecule has 29 heavy (non-hydrogen) atoms. The molecule has 1 aliphatic rings. The molecule has 0 fully saturated rings. The number of hydrogen-bond donors (Lipinski definition) is 2. The molecule has 150 valence electrons. The molecule has 0 spiro atoms. The smallest absolute Gasteiger partial charge is 0.313 e. The number of alkyl halides is 3. The number of nitrogens with one attached hydrogen (secondary N) is 2. The number of nitrogens with zero attached hydrogens (tertiary/aromatic N) is 3.